The van der Waals surface area contributed by atoms with Gasteiger partial charge in [0.1, 0.15) is 0 Å². The van der Waals surface area contributed by atoms with Crippen molar-refractivity contribution in [1.82, 2.24) is 5.32 Å². The van der Waals surface area contributed by atoms with Crippen LogP contribution in [0.25, 0.3) is 0 Å². The molecule has 1 aromatic rings. The number of benzene rings is 1. The number of nitrogens with one attached hydrogen (secondary N) is 1. The monoisotopic (exact) mass is 308 g/mol. The van der Waals surface area contributed by atoms with Crippen LogP contribution < -0.4 is 10.2 Å². The van der Waals surface area contributed by atoms with Crippen molar-refractivity contribution in [3.63, 3.8) is 0 Å². The van der Waals surface area contributed by atoms with Gasteiger partial charge in [0.05, 0.1) is 0 Å². The summed E-state index contributed by atoms with van der Waals surface area (Å²) < 4.78 is 1.27. The zero-order valence-electron chi connectivity index (χ0n) is 10.8. The molecule has 3 rings (SSSR count). The highest BCUT2D eigenvalue weighted by molar-refractivity contribution is 9.10. The Hall–Kier alpha value is -0.540. The Morgan fingerprint density at radius 3 is 2.67 bits per heavy atom. The van der Waals surface area contributed by atoms with E-state index in [-0.39, 0.29) is 0 Å². The van der Waals surface area contributed by atoms with Crippen LogP contribution in [0.15, 0.2) is 22.7 Å². The first-order valence-corrected chi connectivity index (χ1v) is 7.92. The second kappa shape index (κ2) is 5.62. The summed E-state index contributed by atoms with van der Waals surface area (Å²) in [4.78, 5) is 2.55. The minimum Gasteiger partial charge on any atom is -0.371 e. The lowest BCUT2D eigenvalue weighted by atomic mass is 9.95. The molecule has 0 spiro atoms. The molecule has 2 nitrogen and oxygen atoms in total. The topological polar surface area (TPSA) is 15.3 Å². The molecule has 0 aromatic heterocycles. The van der Waals surface area contributed by atoms with Gasteiger partial charge in [0, 0.05) is 34.9 Å². The molecule has 2 fully saturated rings. The lowest BCUT2D eigenvalue weighted by Gasteiger charge is -2.30. The number of hydrogen-bond donors (Lipinski definition) is 1. The van der Waals surface area contributed by atoms with E-state index in [1.165, 1.54) is 60.9 Å². The van der Waals surface area contributed by atoms with Crippen LogP contribution in [0.2, 0.25) is 0 Å². The molecule has 0 saturated carbocycles. The fourth-order valence-electron chi connectivity index (χ4n) is 3.20. The van der Waals surface area contributed by atoms with Gasteiger partial charge in [-0.3, -0.25) is 0 Å². The second-order valence-corrected chi connectivity index (χ2v) is 6.22. The quantitative estimate of drug-likeness (QED) is 0.892. The molecule has 0 aliphatic carbocycles. The smallest absolute Gasteiger partial charge is 0.0426 e. The van der Waals surface area contributed by atoms with E-state index in [0.29, 0.717) is 6.04 Å². The Morgan fingerprint density at radius 2 is 1.94 bits per heavy atom. The molecule has 3 heteroatoms. The van der Waals surface area contributed by atoms with Gasteiger partial charge in [-0.15, -0.1) is 0 Å². The number of nitrogens with zero attached hydrogens (tertiary/aromatic N) is 1. The van der Waals surface area contributed by atoms with E-state index in [4.69, 9.17) is 0 Å². The Bertz CT molecular complexity index is 407. The van der Waals surface area contributed by atoms with Gasteiger partial charge in [0.15, 0.2) is 0 Å². The van der Waals surface area contributed by atoms with Crippen LogP contribution in [-0.4, -0.2) is 19.6 Å². The zero-order chi connectivity index (χ0) is 12.4. The van der Waals surface area contributed by atoms with Crippen molar-refractivity contribution < 1.29 is 0 Å². The fourth-order valence-corrected chi connectivity index (χ4v) is 3.83. The maximum Gasteiger partial charge on any atom is 0.0426 e. The average molecular weight is 309 g/mol. The van der Waals surface area contributed by atoms with Crippen molar-refractivity contribution in [2.75, 3.05) is 24.5 Å². The van der Waals surface area contributed by atoms with E-state index in [1.807, 2.05) is 0 Å². The maximum absolute atomic E-state index is 3.76. The van der Waals surface area contributed by atoms with Crippen molar-refractivity contribution in [3.8, 4) is 0 Å². The first-order valence-electron chi connectivity index (χ1n) is 7.13. The molecule has 98 valence electrons. The Labute approximate surface area is 118 Å². The third kappa shape index (κ3) is 2.43. The summed E-state index contributed by atoms with van der Waals surface area (Å²) in [6, 6.07) is 7.18. The summed E-state index contributed by atoms with van der Waals surface area (Å²) in [6.45, 7) is 3.60. The molecular weight excluding hydrogens is 288 g/mol. The fraction of sp³-hybridized carbons (Fsp3) is 0.600. The van der Waals surface area contributed by atoms with Crippen LogP contribution in [0.5, 0.6) is 0 Å². The highest BCUT2D eigenvalue weighted by Gasteiger charge is 2.24. The van der Waals surface area contributed by atoms with Gasteiger partial charge >= 0.3 is 0 Å². The molecule has 1 N–H and O–H groups in total. The highest BCUT2D eigenvalue weighted by atomic mass is 79.9. The first kappa shape index (κ1) is 12.5. The molecule has 0 amide bonds. The molecule has 1 aromatic carbocycles. The molecule has 2 aliphatic heterocycles. The summed E-state index contributed by atoms with van der Waals surface area (Å²) in [7, 11) is 0. The van der Waals surface area contributed by atoms with Crippen molar-refractivity contribution in [3.05, 3.63) is 28.2 Å². The molecule has 2 heterocycles. The van der Waals surface area contributed by atoms with Crippen LogP contribution in [0.3, 0.4) is 0 Å². The molecular formula is C15H21BrN2. The van der Waals surface area contributed by atoms with Gasteiger partial charge in [-0.05, 0) is 44.4 Å². The Morgan fingerprint density at radius 1 is 1.11 bits per heavy atom. The largest absolute Gasteiger partial charge is 0.371 e. The summed E-state index contributed by atoms with van der Waals surface area (Å²) in [6.07, 6.45) is 6.61. The number of anilines is 1. The predicted octanol–water partition coefficient (Wildman–Crippen LogP) is 3.86. The van der Waals surface area contributed by atoms with Gasteiger partial charge in [0.25, 0.3) is 0 Å². The second-order valence-electron chi connectivity index (χ2n) is 5.37. The van der Waals surface area contributed by atoms with Gasteiger partial charge in [-0.2, -0.15) is 0 Å². The molecule has 18 heavy (non-hydrogen) atoms. The summed E-state index contributed by atoms with van der Waals surface area (Å²) >= 11 is 3.76. The van der Waals surface area contributed by atoms with E-state index < -0.39 is 0 Å². The van der Waals surface area contributed by atoms with Crippen LogP contribution >= 0.6 is 15.9 Å². The van der Waals surface area contributed by atoms with Crippen molar-refractivity contribution in [2.24, 2.45) is 0 Å². The van der Waals surface area contributed by atoms with E-state index in [2.05, 4.69) is 44.3 Å². The molecule has 1 atom stereocenters. The van der Waals surface area contributed by atoms with Gasteiger partial charge in [0.2, 0.25) is 0 Å². The Kier molecular flexibility index (Phi) is 3.90. The molecule has 2 saturated heterocycles. The number of hydrogen-bond acceptors (Lipinski definition) is 2. The SMILES string of the molecule is Brc1cccc(N2CCCC2)c1C1CCCCN1. The minimum atomic E-state index is 0.532. The van der Waals surface area contributed by atoms with E-state index in [1.54, 1.807) is 0 Å². The summed E-state index contributed by atoms with van der Waals surface area (Å²) in [5.74, 6) is 0. The molecule has 1 unspecified atom stereocenters. The van der Waals surface area contributed by atoms with Crippen molar-refractivity contribution in [1.29, 1.82) is 0 Å². The molecule has 0 bridgehead atoms. The lowest BCUT2D eigenvalue weighted by molar-refractivity contribution is 0.411. The van der Waals surface area contributed by atoms with E-state index >= 15 is 0 Å². The number of halogens is 1. The van der Waals surface area contributed by atoms with Crippen LogP contribution in [-0.2, 0) is 0 Å². The van der Waals surface area contributed by atoms with E-state index in [9.17, 15) is 0 Å². The van der Waals surface area contributed by atoms with Crippen LogP contribution in [0.1, 0.15) is 43.7 Å². The zero-order valence-corrected chi connectivity index (χ0v) is 12.4. The molecule has 0 radical (unpaired) electrons. The first-order chi connectivity index (χ1) is 8.86. The van der Waals surface area contributed by atoms with Crippen molar-refractivity contribution in [2.45, 2.75) is 38.1 Å². The Balaban J connectivity index is 1.94. The maximum atomic E-state index is 3.76. The standard InChI is InChI=1S/C15H21BrN2/c16-12-6-5-8-14(18-10-3-4-11-18)15(12)13-7-1-2-9-17-13/h5-6,8,13,17H,1-4,7,9-11H2. The van der Waals surface area contributed by atoms with Crippen LogP contribution in [0.4, 0.5) is 5.69 Å². The summed E-state index contributed by atoms with van der Waals surface area (Å²) in [5, 5.41) is 3.68. The molecule has 2 aliphatic rings. The predicted molar refractivity (Wildman–Crippen MR) is 80.2 cm³/mol. The normalized spacial score (nSPS) is 24.5. The lowest BCUT2D eigenvalue weighted by Crippen LogP contribution is -2.29. The minimum absolute atomic E-state index is 0.532. The number of piperidine rings is 1. The third-order valence-electron chi connectivity index (χ3n) is 4.14. The summed E-state index contributed by atoms with van der Waals surface area (Å²) in [5.41, 5.74) is 2.93. The van der Waals surface area contributed by atoms with Crippen LogP contribution in [0, 0.1) is 0 Å². The number of rotatable bonds is 2. The average Bonchev–Trinajstić information content (AvgIpc) is 2.93. The van der Waals surface area contributed by atoms with E-state index in [0.717, 1.165) is 6.54 Å². The van der Waals surface area contributed by atoms with Crippen molar-refractivity contribution >= 4 is 21.6 Å². The highest BCUT2D eigenvalue weighted by Crippen LogP contribution is 2.37. The van der Waals surface area contributed by atoms with Gasteiger partial charge in [-0.25, -0.2) is 0 Å². The van der Waals surface area contributed by atoms with Gasteiger partial charge in [-0.1, -0.05) is 28.4 Å². The third-order valence-corrected chi connectivity index (χ3v) is 4.83. The van der Waals surface area contributed by atoms with Gasteiger partial charge < -0.3 is 10.2 Å².